The molecule has 0 amide bonds. The molecule has 0 unspecified atom stereocenters. The van der Waals surface area contributed by atoms with Crippen molar-refractivity contribution in [3.63, 3.8) is 0 Å². The highest BCUT2D eigenvalue weighted by molar-refractivity contribution is 5.80. The lowest BCUT2D eigenvalue weighted by molar-refractivity contribution is -0.157. The third-order valence-corrected chi connectivity index (χ3v) is 3.52. The van der Waals surface area contributed by atoms with Gasteiger partial charge in [0, 0.05) is 6.04 Å². The van der Waals surface area contributed by atoms with Crippen LogP contribution in [0.1, 0.15) is 44.2 Å². The van der Waals surface area contributed by atoms with E-state index in [1.165, 1.54) is 0 Å². The van der Waals surface area contributed by atoms with Gasteiger partial charge in [0.1, 0.15) is 11.4 Å². The molecule has 0 saturated carbocycles. The first kappa shape index (κ1) is 14.9. The quantitative estimate of drug-likeness (QED) is 0.843. The van der Waals surface area contributed by atoms with Crippen molar-refractivity contribution in [2.75, 3.05) is 7.11 Å². The van der Waals surface area contributed by atoms with E-state index in [1.807, 2.05) is 39.0 Å². The number of benzene rings is 1. The summed E-state index contributed by atoms with van der Waals surface area (Å²) in [6.45, 7) is 5.60. The smallest absolute Gasteiger partial charge is 0.315 e. The van der Waals surface area contributed by atoms with Crippen LogP contribution in [-0.2, 0) is 16.0 Å². The van der Waals surface area contributed by atoms with Gasteiger partial charge in [-0.2, -0.15) is 0 Å². The van der Waals surface area contributed by atoms with Crippen LogP contribution < -0.4 is 10.5 Å². The van der Waals surface area contributed by atoms with Gasteiger partial charge in [-0.15, -0.1) is 0 Å². The Balaban J connectivity index is 2.36. The Bertz CT molecular complexity index is 505. The summed E-state index contributed by atoms with van der Waals surface area (Å²) in [5, 5.41) is 0. The monoisotopic (exact) mass is 277 g/mol. The van der Waals surface area contributed by atoms with E-state index in [1.54, 1.807) is 7.11 Å². The molecule has 0 heterocycles. The second kappa shape index (κ2) is 5.44. The number of aryl methyl sites for hydroxylation is 1. The second-order valence-electron chi connectivity index (χ2n) is 6.28. The van der Waals surface area contributed by atoms with Gasteiger partial charge in [-0.25, -0.2) is 0 Å². The summed E-state index contributed by atoms with van der Waals surface area (Å²) in [4.78, 5) is 12.4. The van der Waals surface area contributed by atoms with E-state index in [4.69, 9.17) is 15.2 Å². The number of hydrogen-bond donors (Lipinski definition) is 1. The fourth-order valence-electron chi connectivity index (χ4n) is 2.60. The highest BCUT2D eigenvalue weighted by atomic mass is 16.6. The molecule has 4 nitrogen and oxygen atoms in total. The molecule has 2 N–H and O–H groups in total. The first-order valence-electron chi connectivity index (χ1n) is 6.97. The van der Waals surface area contributed by atoms with Crippen LogP contribution >= 0.6 is 0 Å². The number of rotatable bonds is 2. The molecule has 20 heavy (non-hydrogen) atoms. The van der Waals surface area contributed by atoms with E-state index < -0.39 is 11.5 Å². The van der Waals surface area contributed by atoms with Gasteiger partial charge >= 0.3 is 5.97 Å². The lowest BCUT2D eigenvalue weighted by Gasteiger charge is -2.32. The fourth-order valence-corrected chi connectivity index (χ4v) is 2.60. The molecule has 0 fully saturated rings. The van der Waals surface area contributed by atoms with Crippen LogP contribution in [-0.4, -0.2) is 24.7 Å². The first-order valence-corrected chi connectivity index (χ1v) is 6.97. The maximum absolute atomic E-state index is 12.4. The number of carbonyl (C=O) groups excluding carboxylic acids is 1. The van der Waals surface area contributed by atoms with Gasteiger partial charge < -0.3 is 15.2 Å². The largest absolute Gasteiger partial charge is 0.497 e. The fraction of sp³-hybridized carbons (Fsp3) is 0.562. The first-order chi connectivity index (χ1) is 9.31. The average molecular weight is 277 g/mol. The molecule has 4 heteroatoms. The van der Waals surface area contributed by atoms with Crippen LogP contribution in [0.25, 0.3) is 0 Å². The summed E-state index contributed by atoms with van der Waals surface area (Å²) in [5.41, 5.74) is 7.75. The Labute approximate surface area is 120 Å². The molecule has 0 spiro atoms. The SMILES string of the molecule is COc1ccc2c(c1)[C@H](C(=O)OC(C)(C)C)[C@H](N)CC2. The molecule has 110 valence electrons. The zero-order valence-electron chi connectivity index (χ0n) is 12.6. The summed E-state index contributed by atoms with van der Waals surface area (Å²) < 4.78 is 10.8. The van der Waals surface area contributed by atoms with Crippen molar-refractivity contribution in [2.45, 2.75) is 51.2 Å². The molecule has 1 aliphatic rings. The summed E-state index contributed by atoms with van der Waals surface area (Å²) >= 11 is 0. The minimum Gasteiger partial charge on any atom is -0.497 e. The minimum absolute atomic E-state index is 0.204. The van der Waals surface area contributed by atoms with Crippen LogP contribution in [0.15, 0.2) is 18.2 Å². The zero-order valence-corrected chi connectivity index (χ0v) is 12.6. The molecule has 2 rings (SSSR count). The van der Waals surface area contributed by atoms with Crippen molar-refractivity contribution < 1.29 is 14.3 Å². The lowest BCUT2D eigenvalue weighted by atomic mass is 9.79. The van der Waals surface area contributed by atoms with E-state index in [2.05, 4.69) is 0 Å². The molecule has 0 aromatic heterocycles. The summed E-state index contributed by atoms with van der Waals surface area (Å²) in [7, 11) is 1.62. The van der Waals surface area contributed by atoms with Gasteiger partial charge in [0.05, 0.1) is 13.0 Å². The van der Waals surface area contributed by atoms with Crippen molar-refractivity contribution >= 4 is 5.97 Å². The molecule has 0 radical (unpaired) electrons. The molecule has 0 saturated heterocycles. The van der Waals surface area contributed by atoms with E-state index in [0.29, 0.717) is 0 Å². The second-order valence-corrected chi connectivity index (χ2v) is 6.28. The molecule has 1 aromatic rings. The normalized spacial score (nSPS) is 22.1. The highest BCUT2D eigenvalue weighted by Gasteiger charge is 2.36. The maximum atomic E-state index is 12.4. The number of ether oxygens (including phenoxy) is 2. The predicted octanol–water partition coefficient (Wildman–Crippen LogP) is 2.39. The van der Waals surface area contributed by atoms with Crippen molar-refractivity contribution in [2.24, 2.45) is 5.73 Å². The molecular weight excluding hydrogens is 254 g/mol. The molecule has 1 aromatic carbocycles. The Morgan fingerprint density at radius 3 is 2.65 bits per heavy atom. The zero-order chi connectivity index (χ0) is 14.9. The Kier molecular flexibility index (Phi) is 4.04. The van der Waals surface area contributed by atoms with E-state index in [-0.39, 0.29) is 12.0 Å². The molecule has 0 bridgehead atoms. The minimum atomic E-state index is -0.507. The average Bonchev–Trinajstić information content (AvgIpc) is 2.35. The van der Waals surface area contributed by atoms with Crippen LogP contribution in [0.2, 0.25) is 0 Å². The Hall–Kier alpha value is -1.55. The number of hydrogen-bond acceptors (Lipinski definition) is 4. The topological polar surface area (TPSA) is 61.5 Å². The van der Waals surface area contributed by atoms with Gasteiger partial charge in [0.15, 0.2) is 0 Å². The molecule has 0 aliphatic heterocycles. The lowest BCUT2D eigenvalue weighted by Crippen LogP contribution is -2.40. The standard InChI is InChI=1S/C16H23NO3/c1-16(2,3)20-15(18)14-12-9-11(19-4)7-5-10(12)6-8-13(14)17/h5,7,9,13-14H,6,8,17H2,1-4H3/t13-,14+/m1/s1. The van der Waals surface area contributed by atoms with Crippen molar-refractivity contribution in [3.05, 3.63) is 29.3 Å². The van der Waals surface area contributed by atoms with E-state index in [0.717, 1.165) is 29.7 Å². The number of methoxy groups -OCH3 is 1. The van der Waals surface area contributed by atoms with E-state index >= 15 is 0 Å². The molecule has 2 atom stereocenters. The van der Waals surface area contributed by atoms with Crippen LogP contribution in [0.5, 0.6) is 5.75 Å². The summed E-state index contributed by atoms with van der Waals surface area (Å²) in [6.07, 6.45) is 1.68. The molecular formula is C16H23NO3. The highest BCUT2D eigenvalue weighted by Crippen LogP contribution is 2.35. The van der Waals surface area contributed by atoms with Gasteiger partial charge in [0.25, 0.3) is 0 Å². The third kappa shape index (κ3) is 3.12. The van der Waals surface area contributed by atoms with Gasteiger partial charge in [0.2, 0.25) is 0 Å². The van der Waals surface area contributed by atoms with Crippen molar-refractivity contribution in [1.29, 1.82) is 0 Å². The number of nitrogens with two attached hydrogens (primary N) is 1. The number of carbonyl (C=O) groups is 1. The van der Waals surface area contributed by atoms with E-state index in [9.17, 15) is 4.79 Å². The third-order valence-electron chi connectivity index (χ3n) is 3.52. The molecule has 1 aliphatic carbocycles. The Morgan fingerprint density at radius 2 is 2.05 bits per heavy atom. The van der Waals surface area contributed by atoms with Gasteiger partial charge in [-0.1, -0.05) is 6.07 Å². The summed E-state index contributed by atoms with van der Waals surface area (Å²) in [5.74, 6) is 0.0821. The predicted molar refractivity (Wildman–Crippen MR) is 77.9 cm³/mol. The number of fused-ring (bicyclic) bond motifs is 1. The van der Waals surface area contributed by atoms with Crippen LogP contribution in [0.4, 0.5) is 0 Å². The van der Waals surface area contributed by atoms with Crippen LogP contribution in [0.3, 0.4) is 0 Å². The van der Waals surface area contributed by atoms with Crippen molar-refractivity contribution in [3.8, 4) is 5.75 Å². The summed E-state index contributed by atoms with van der Waals surface area (Å²) in [6, 6.07) is 5.63. The van der Waals surface area contributed by atoms with Crippen LogP contribution in [0, 0.1) is 0 Å². The number of esters is 1. The van der Waals surface area contributed by atoms with Gasteiger partial charge in [-0.3, -0.25) is 4.79 Å². The van der Waals surface area contributed by atoms with Gasteiger partial charge in [-0.05, 0) is 56.9 Å². The maximum Gasteiger partial charge on any atom is 0.315 e. The van der Waals surface area contributed by atoms with Crippen molar-refractivity contribution in [1.82, 2.24) is 0 Å². The Morgan fingerprint density at radius 1 is 1.35 bits per heavy atom.